The SMILES string of the molecule is CN1CCC2(CC1)CN(C(=O)c1ccc3[nH]nc(C#Cc4ccccc4-c4ccccc4)c3c1)C2. The molecule has 35 heavy (non-hydrogen) atoms. The van der Waals surface area contributed by atoms with Crippen LogP contribution in [-0.2, 0) is 0 Å². The Kier molecular flexibility index (Phi) is 5.39. The summed E-state index contributed by atoms with van der Waals surface area (Å²) in [4.78, 5) is 17.6. The quantitative estimate of drug-likeness (QED) is 0.438. The fourth-order valence-corrected chi connectivity index (χ4v) is 5.33. The van der Waals surface area contributed by atoms with Crippen molar-refractivity contribution >= 4 is 16.8 Å². The summed E-state index contributed by atoms with van der Waals surface area (Å²) in [5.41, 5.74) is 5.75. The number of aromatic nitrogens is 2. The van der Waals surface area contributed by atoms with Crippen LogP contribution in [0, 0.1) is 17.3 Å². The van der Waals surface area contributed by atoms with Gasteiger partial charge in [0.25, 0.3) is 5.91 Å². The number of amides is 1. The largest absolute Gasteiger partial charge is 0.337 e. The Morgan fingerprint density at radius 2 is 1.69 bits per heavy atom. The van der Waals surface area contributed by atoms with Crippen LogP contribution < -0.4 is 0 Å². The van der Waals surface area contributed by atoms with Gasteiger partial charge in [0, 0.05) is 35.0 Å². The van der Waals surface area contributed by atoms with Crippen LogP contribution in [-0.4, -0.2) is 59.1 Å². The number of aromatic amines is 1. The van der Waals surface area contributed by atoms with Gasteiger partial charge in [-0.15, -0.1) is 0 Å². The highest BCUT2D eigenvalue weighted by Crippen LogP contribution is 2.40. The smallest absolute Gasteiger partial charge is 0.253 e. The van der Waals surface area contributed by atoms with Crippen molar-refractivity contribution in [2.24, 2.45) is 5.41 Å². The van der Waals surface area contributed by atoms with Crippen LogP contribution in [0.3, 0.4) is 0 Å². The molecule has 0 unspecified atom stereocenters. The highest BCUT2D eigenvalue weighted by molar-refractivity contribution is 5.99. The highest BCUT2D eigenvalue weighted by atomic mass is 16.2. The Balaban J connectivity index is 1.25. The van der Waals surface area contributed by atoms with Gasteiger partial charge in [-0.1, -0.05) is 54.5 Å². The molecule has 3 heterocycles. The van der Waals surface area contributed by atoms with E-state index in [1.54, 1.807) is 0 Å². The minimum Gasteiger partial charge on any atom is -0.337 e. The maximum atomic E-state index is 13.2. The molecule has 1 amide bonds. The molecule has 174 valence electrons. The first-order valence-corrected chi connectivity index (χ1v) is 12.2. The topological polar surface area (TPSA) is 52.2 Å². The monoisotopic (exact) mass is 460 g/mol. The lowest BCUT2D eigenvalue weighted by molar-refractivity contribution is -0.0283. The average Bonchev–Trinajstić information content (AvgIpc) is 3.29. The molecule has 2 saturated heterocycles. The second-order valence-electron chi connectivity index (χ2n) is 9.96. The van der Waals surface area contributed by atoms with E-state index in [0.29, 0.717) is 16.7 Å². The van der Waals surface area contributed by atoms with E-state index in [2.05, 4.69) is 52.2 Å². The van der Waals surface area contributed by atoms with Crippen molar-refractivity contribution in [2.75, 3.05) is 33.2 Å². The Morgan fingerprint density at radius 3 is 2.49 bits per heavy atom. The van der Waals surface area contributed by atoms with E-state index in [9.17, 15) is 4.79 Å². The van der Waals surface area contributed by atoms with Gasteiger partial charge in [0.15, 0.2) is 0 Å². The van der Waals surface area contributed by atoms with Crippen LogP contribution in [0.4, 0.5) is 0 Å². The fourth-order valence-electron chi connectivity index (χ4n) is 5.33. The number of carbonyl (C=O) groups excluding carboxylic acids is 1. The maximum absolute atomic E-state index is 13.2. The molecule has 1 N–H and O–H groups in total. The summed E-state index contributed by atoms with van der Waals surface area (Å²) in [6, 6.07) is 24.2. The van der Waals surface area contributed by atoms with Gasteiger partial charge in [0.1, 0.15) is 5.69 Å². The van der Waals surface area contributed by atoms with E-state index in [0.717, 1.165) is 53.8 Å². The summed E-state index contributed by atoms with van der Waals surface area (Å²) < 4.78 is 0. The normalized spacial score (nSPS) is 17.1. The van der Waals surface area contributed by atoms with Crippen molar-refractivity contribution in [3.05, 3.63) is 89.6 Å². The van der Waals surface area contributed by atoms with Gasteiger partial charge in [-0.3, -0.25) is 9.89 Å². The number of fused-ring (bicyclic) bond motifs is 1. The molecule has 1 spiro atoms. The lowest BCUT2D eigenvalue weighted by Gasteiger charge is -2.53. The molecule has 5 nitrogen and oxygen atoms in total. The summed E-state index contributed by atoms with van der Waals surface area (Å²) in [5.74, 6) is 6.66. The van der Waals surface area contributed by atoms with E-state index in [4.69, 9.17) is 0 Å². The first-order valence-electron chi connectivity index (χ1n) is 12.2. The number of likely N-dealkylation sites (tertiary alicyclic amines) is 2. The van der Waals surface area contributed by atoms with Gasteiger partial charge in [0.2, 0.25) is 0 Å². The number of carbonyl (C=O) groups is 1. The predicted molar refractivity (Wildman–Crippen MR) is 139 cm³/mol. The molecule has 2 aliphatic heterocycles. The average molecular weight is 461 g/mol. The molecule has 3 aromatic carbocycles. The molecule has 0 bridgehead atoms. The van der Waals surface area contributed by atoms with Crippen LogP contribution in [0.15, 0.2) is 72.8 Å². The van der Waals surface area contributed by atoms with Crippen LogP contribution in [0.2, 0.25) is 0 Å². The minimum absolute atomic E-state index is 0.103. The Bertz CT molecular complexity index is 1440. The number of benzene rings is 3. The van der Waals surface area contributed by atoms with Crippen molar-refractivity contribution in [1.29, 1.82) is 0 Å². The molecule has 4 aromatic rings. The number of piperidine rings is 1. The van der Waals surface area contributed by atoms with E-state index < -0.39 is 0 Å². The Hall–Kier alpha value is -3.88. The molecule has 0 atom stereocenters. The molecule has 0 aliphatic carbocycles. The Labute approximate surface area is 205 Å². The van der Waals surface area contributed by atoms with Crippen LogP contribution in [0.25, 0.3) is 22.0 Å². The van der Waals surface area contributed by atoms with Gasteiger partial charge >= 0.3 is 0 Å². The van der Waals surface area contributed by atoms with Crippen molar-refractivity contribution in [3.8, 4) is 23.0 Å². The van der Waals surface area contributed by atoms with Crippen molar-refractivity contribution in [3.63, 3.8) is 0 Å². The molecule has 0 saturated carbocycles. The second-order valence-corrected chi connectivity index (χ2v) is 9.96. The van der Waals surface area contributed by atoms with Crippen LogP contribution in [0.1, 0.15) is 34.5 Å². The van der Waals surface area contributed by atoms with E-state index in [1.165, 1.54) is 12.8 Å². The lowest BCUT2D eigenvalue weighted by atomic mass is 9.72. The third-order valence-corrected chi connectivity index (χ3v) is 7.52. The van der Waals surface area contributed by atoms with Gasteiger partial charge in [-0.25, -0.2) is 0 Å². The number of nitrogens with one attached hydrogen (secondary N) is 1. The molecule has 0 radical (unpaired) electrons. The number of hydrogen-bond donors (Lipinski definition) is 1. The van der Waals surface area contributed by atoms with Gasteiger partial charge in [0.05, 0.1) is 5.52 Å². The molecule has 2 aliphatic rings. The third kappa shape index (κ3) is 4.11. The van der Waals surface area contributed by atoms with Crippen molar-refractivity contribution in [1.82, 2.24) is 20.0 Å². The summed E-state index contributed by atoms with van der Waals surface area (Å²) in [6.07, 6.45) is 2.36. The zero-order valence-corrected chi connectivity index (χ0v) is 19.9. The minimum atomic E-state index is 0.103. The highest BCUT2D eigenvalue weighted by Gasteiger charge is 2.46. The molecular formula is C30H28N4O. The summed E-state index contributed by atoms with van der Waals surface area (Å²) in [7, 11) is 2.18. The lowest BCUT2D eigenvalue weighted by Crippen LogP contribution is -2.61. The zero-order chi connectivity index (χ0) is 23.8. The van der Waals surface area contributed by atoms with E-state index in [-0.39, 0.29) is 5.91 Å². The number of H-pyrrole nitrogens is 1. The van der Waals surface area contributed by atoms with Crippen LogP contribution in [0.5, 0.6) is 0 Å². The third-order valence-electron chi connectivity index (χ3n) is 7.52. The van der Waals surface area contributed by atoms with Crippen molar-refractivity contribution in [2.45, 2.75) is 12.8 Å². The summed E-state index contributed by atoms with van der Waals surface area (Å²) in [5, 5.41) is 8.39. The number of nitrogens with zero attached hydrogens (tertiary/aromatic N) is 3. The van der Waals surface area contributed by atoms with Gasteiger partial charge < -0.3 is 9.80 Å². The second kappa shape index (κ2) is 8.72. The molecule has 2 fully saturated rings. The first-order chi connectivity index (χ1) is 17.1. The maximum Gasteiger partial charge on any atom is 0.253 e. The number of rotatable bonds is 2. The molecule has 1 aromatic heterocycles. The zero-order valence-electron chi connectivity index (χ0n) is 19.9. The standard InChI is InChI=1S/C30H28N4O/c1-33-17-15-30(16-18-33)20-34(21-30)29(35)24-12-14-28-26(19-24)27(31-32-28)13-11-23-9-5-6-10-25(23)22-7-3-2-4-8-22/h2-10,12,14,19H,15-18,20-21H2,1H3,(H,31,32). The van der Waals surface area contributed by atoms with Gasteiger partial charge in [-0.05, 0) is 74.3 Å². The molecule has 5 heteroatoms. The van der Waals surface area contributed by atoms with Crippen molar-refractivity contribution < 1.29 is 4.79 Å². The predicted octanol–water partition coefficient (Wildman–Crippen LogP) is 4.80. The molecular weight excluding hydrogens is 432 g/mol. The Morgan fingerprint density at radius 1 is 0.943 bits per heavy atom. The van der Waals surface area contributed by atoms with Crippen LogP contribution >= 0.6 is 0 Å². The van der Waals surface area contributed by atoms with Gasteiger partial charge in [-0.2, -0.15) is 5.10 Å². The molecule has 6 rings (SSSR count). The summed E-state index contributed by atoms with van der Waals surface area (Å²) >= 11 is 0. The fraction of sp³-hybridized carbons (Fsp3) is 0.267. The first kappa shape index (κ1) is 21.6. The number of hydrogen-bond acceptors (Lipinski definition) is 3. The van der Waals surface area contributed by atoms with E-state index >= 15 is 0 Å². The summed E-state index contributed by atoms with van der Waals surface area (Å²) in [6.45, 7) is 3.98. The van der Waals surface area contributed by atoms with E-state index in [1.807, 2.05) is 59.5 Å².